The lowest BCUT2D eigenvalue weighted by Gasteiger charge is -2.26. The van der Waals surface area contributed by atoms with E-state index in [1.807, 2.05) is 30.3 Å². The smallest absolute Gasteiger partial charge is 0.229 e. The zero-order valence-electron chi connectivity index (χ0n) is 11.9. The molecule has 2 aromatic rings. The molecule has 0 aliphatic heterocycles. The number of aryl methyl sites for hydroxylation is 1. The number of carbonyl (C=O) groups is 1. The lowest BCUT2D eigenvalue weighted by molar-refractivity contribution is -0.123. The van der Waals surface area contributed by atoms with E-state index in [0.717, 1.165) is 24.8 Å². The number of thiophene rings is 1. The number of amides is 1. The van der Waals surface area contributed by atoms with Crippen LogP contribution in [0.2, 0.25) is 0 Å². The summed E-state index contributed by atoms with van der Waals surface area (Å²) in [6.07, 6.45) is 3.29. The third-order valence-corrected chi connectivity index (χ3v) is 5.12. The first kappa shape index (κ1) is 14.3. The number of fused-ring (bicyclic) bond motifs is 1. The van der Waals surface area contributed by atoms with Gasteiger partial charge in [0.2, 0.25) is 5.91 Å². The molecule has 0 radical (unpaired) electrons. The summed E-state index contributed by atoms with van der Waals surface area (Å²) in [5, 5.41) is 5.32. The standard InChI is InChI=1S/C17H20N2OS/c18-11-14(12-5-2-1-3-6-12)17(20)19-15-7-4-8-16-13(15)9-10-21-16/h1-3,5-6,9-10,14-15H,4,7-8,11,18H2,(H,19,20). The summed E-state index contributed by atoms with van der Waals surface area (Å²) in [4.78, 5) is 14.0. The number of hydrogen-bond donors (Lipinski definition) is 2. The average molecular weight is 300 g/mol. The number of rotatable bonds is 4. The Labute approximate surface area is 129 Å². The van der Waals surface area contributed by atoms with Gasteiger partial charge in [0, 0.05) is 11.4 Å². The highest BCUT2D eigenvalue weighted by Crippen LogP contribution is 2.33. The van der Waals surface area contributed by atoms with Crippen molar-refractivity contribution in [3.05, 3.63) is 57.8 Å². The number of nitrogens with one attached hydrogen (secondary N) is 1. The van der Waals surface area contributed by atoms with Crippen molar-refractivity contribution in [3.63, 3.8) is 0 Å². The van der Waals surface area contributed by atoms with Crippen LogP contribution < -0.4 is 11.1 Å². The Morgan fingerprint density at radius 3 is 2.90 bits per heavy atom. The molecule has 2 atom stereocenters. The molecule has 1 aromatic carbocycles. The van der Waals surface area contributed by atoms with Crippen molar-refractivity contribution in [2.75, 3.05) is 6.54 Å². The molecular formula is C17H20N2OS. The molecule has 3 N–H and O–H groups in total. The lowest BCUT2D eigenvalue weighted by Crippen LogP contribution is -2.37. The number of hydrogen-bond acceptors (Lipinski definition) is 3. The van der Waals surface area contributed by atoms with Crippen LogP contribution in [-0.4, -0.2) is 12.5 Å². The van der Waals surface area contributed by atoms with Crippen molar-refractivity contribution in [2.45, 2.75) is 31.2 Å². The van der Waals surface area contributed by atoms with Gasteiger partial charge in [-0.05, 0) is 41.8 Å². The van der Waals surface area contributed by atoms with Crippen LogP contribution in [0.5, 0.6) is 0 Å². The van der Waals surface area contributed by atoms with Gasteiger partial charge in [0.1, 0.15) is 0 Å². The molecule has 1 heterocycles. The zero-order chi connectivity index (χ0) is 14.7. The zero-order valence-corrected chi connectivity index (χ0v) is 12.7. The molecule has 4 heteroatoms. The Balaban J connectivity index is 1.75. The number of benzene rings is 1. The second kappa shape index (κ2) is 6.41. The van der Waals surface area contributed by atoms with Crippen molar-refractivity contribution in [1.29, 1.82) is 0 Å². The fourth-order valence-corrected chi connectivity index (χ4v) is 3.98. The molecule has 3 nitrogen and oxygen atoms in total. The van der Waals surface area contributed by atoms with Gasteiger partial charge in [-0.3, -0.25) is 4.79 Å². The summed E-state index contributed by atoms with van der Waals surface area (Å²) in [5.41, 5.74) is 8.11. The van der Waals surface area contributed by atoms with E-state index in [-0.39, 0.29) is 17.9 Å². The van der Waals surface area contributed by atoms with Crippen molar-refractivity contribution in [1.82, 2.24) is 5.32 Å². The van der Waals surface area contributed by atoms with E-state index in [1.54, 1.807) is 11.3 Å². The maximum absolute atomic E-state index is 12.6. The third-order valence-electron chi connectivity index (χ3n) is 4.12. The van der Waals surface area contributed by atoms with Crippen molar-refractivity contribution in [3.8, 4) is 0 Å². The monoisotopic (exact) mass is 300 g/mol. The first-order chi connectivity index (χ1) is 10.3. The Kier molecular flexibility index (Phi) is 4.36. The first-order valence-corrected chi connectivity index (χ1v) is 8.29. The summed E-state index contributed by atoms with van der Waals surface area (Å²) < 4.78 is 0. The SMILES string of the molecule is NCC(C(=O)NC1CCCc2sccc21)c1ccccc1. The van der Waals surface area contributed by atoms with Gasteiger partial charge in [0.25, 0.3) is 0 Å². The highest BCUT2D eigenvalue weighted by atomic mass is 32.1. The van der Waals surface area contributed by atoms with Gasteiger partial charge in [-0.15, -0.1) is 11.3 Å². The minimum absolute atomic E-state index is 0.0350. The molecule has 0 saturated heterocycles. The van der Waals surface area contributed by atoms with E-state index >= 15 is 0 Å². The molecule has 0 saturated carbocycles. The van der Waals surface area contributed by atoms with Gasteiger partial charge >= 0.3 is 0 Å². The summed E-state index contributed by atoms with van der Waals surface area (Å²) >= 11 is 1.79. The fourth-order valence-electron chi connectivity index (χ4n) is 2.99. The summed E-state index contributed by atoms with van der Waals surface area (Å²) in [5.74, 6) is -0.233. The predicted molar refractivity (Wildman–Crippen MR) is 86.4 cm³/mol. The molecule has 1 aliphatic rings. The average Bonchev–Trinajstić information content (AvgIpc) is 2.99. The number of carbonyl (C=O) groups excluding carboxylic acids is 1. The van der Waals surface area contributed by atoms with Crippen LogP contribution in [0.3, 0.4) is 0 Å². The minimum Gasteiger partial charge on any atom is -0.349 e. The second-order valence-corrected chi connectivity index (χ2v) is 6.45. The van der Waals surface area contributed by atoms with Crippen LogP contribution in [0.1, 0.15) is 40.8 Å². The van der Waals surface area contributed by atoms with Crippen LogP contribution >= 0.6 is 11.3 Å². The Morgan fingerprint density at radius 2 is 2.14 bits per heavy atom. The third kappa shape index (κ3) is 3.01. The van der Waals surface area contributed by atoms with E-state index in [4.69, 9.17) is 5.73 Å². The topological polar surface area (TPSA) is 55.1 Å². The maximum atomic E-state index is 12.6. The summed E-state index contributed by atoms with van der Waals surface area (Å²) in [6.45, 7) is 0.332. The van der Waals surface area contributed by atoms with E-state index in [0.29, 0.717) is 6.54 Å². The summed E-state index contributed by atoms with van der Waals surface area (Å²) in [6, 6.07) is 12.1. The van der Waals surface area contributed by atoms with Gasteiger partial charge in [-0.25, -0.2) is 0 Å². The highest BCUT2D eigenvalue weighted by molar-refractivity contribution is 7.10. The van der Waals surface area contributed by atoms with E-state index in [1.165, 1.54) is 10.4 Å². The normalized spacial score (nSPS) is 18.8. The minimum atomic E-state index is -0.268. The van der Waals surface area contributed by atoms with Crippen molar-refractivity contribution in [2.24, 2.45) is 5.73 Å². The second-order valence-electron chi connectivity index (χ2n) is 5.45. The molecule has 110 valence electrons. The molecule has 1 aliphatic carbocycles. The molecule has 21 heavy (non-hydrogen) atoms. The highest BCUT2D eigenvalue weighted by Gasteiger charge is 2.26. The fraction of sp³-hybridized carbons (Fsp3) is 0.353. The van der Waals surface area contributed by atoms with Crippen molar-refractivity contribution >= 4 is 17.2 Å². The van der Waals surface area contributed by atoms with Crippen LogP contribution in [0, 0.1) is 0 Å². The molecule has 2 unspecified atom stereocenters. The van der Waals surface area contributed by atoms with Crippen LogP contribution in [0.4, 0.5) is 0 Å². The lowest BCUT2D eigenvalue weighted by atomic mass is 9.92. The van der Waals surface area contributed by atoms with E-state index < -0.39 is 0 Å². The Morgan fingerprint density at radius 1 is 1.33 bits per heavy atom. The first-order valence-electron chi connectivity index (χ1n) is 7.41. The Hall–Kier alpha value is -1.65. The van der Waals surface area contributed by atoms with E-state index in [2.05, 4.69) is 16.8 Å². The van der Waals surface area contributed by atoms with Gasteiger partial charge < -0.3 is 11.1 Å². The molecule has 1 amide bonds. The van der Waals surface area contributed by atoms with Gasteiger partial charge in [-0.1, -0.05) is 30.3 Å². The molecule has 3 rings (SSSR count). The van der Waals surface area contributed by atoms with Crippen molar-refractivity contribution < 1.29 is 4.79 Å². The summed E-state index contributed by atoms with van der Waals surface area (Å²) in [7, 11) is 0. The molecule has 0 bridgehead atoms. The van der Waals surface area contributed by atoms with Gasteiger partial charge in [0.15, 0.2) is 0 Å². The van der Waals surface area contributed by atoms with Crippen LogP contribution in [-0.2, 0) is 11.2 Å². The number of nitrogens with two attached hydrogens (primary N) is 1. The molecule has 0 fully saturated rings. The van der Waals surface area contributed by atoms with Crippen LogP contribution in [0.25, 0.3) is 0 Å². The molecule has 0 spiro atoms. The molecule has 1 aromatic heterocycles. The quantitative estimate of drug-likeness (QED) is 0.912. The van der Waals surface area contributed by atoms with Crippen LogP contribution in [0.15, 0.2) is 41.8 Å². The molecular weight excluding hydrogens is 280 g/mol. The maximum Gasteiger partial charge on any atom is 0.229 e. The predicted octanol–water partition coefficient (Wildman–Crippen LogP) is 2.98. The van der Waals surface area contributed by atoms with Gasteiger partial charge in [-0.2, -0.15) is 0 Å². The Bertz CT molecular complexity index is 608. The van der Waals surface area contributed by atoms with E-state index in [9.17, 15) is 4.79 Å². The largest absolute Gasteiger partial charge is 0.349 e. The van der Waals surface area contributed by atoms with Gasteiger partial charge in [0.05, 0.1) is 12.0 Å².